The largest absolute Gasteiger partial charge is 0.456 e. The van der Waals surface area contributed by atoms with Crippen molar-refractivity contribution in [1.82, 2.24) is 9.88 Å². The molecular formula is C19H22N2O2. The number of hydrogen-bond donors (Lipinski definition) is 0. The summed E-state index contributed by atoms with van der Waals surface area (Å²) >= 11 is 0. The van der Waals surface area contributed by atoms with Crippen LogP contribution in [0.15, 0.2) is 42.6 Å². The van der Waals surface area contributed by atoms with Crippen molar-refractivity contribution in [3.8, 4) is 11.5 Å². The number of nitrogens with zero attached hydrogens (tertiary/aromatic N) is 2. The van der Waals surface area contributed by atoms with Gasteiger partial charge in [-0.15, -0.1) is 0 Å². The number of likely N-dealkylation sites (tertiary alicyclic amines) is 1. The summed E-state index contributed by atoms with van der Waals surface area (Å²) in [5.74, 6) is 2.06. The molecule has 23 heavy (non-hydrogen) atoms. The van der Waals surface area contributed by atoms with E-state index in [1.54, 1.807) is 13.1 Å². The molecule has 4 heteroatoms. The lowest BCUT2D eigenvalue weighted by Crippen LogP contribution is -2.22. The highest BCUT2D eigenvalue weighted by atomic mass is 16.5. The molecule has 1 unspecified atom stereocenters. The van der Waals surface area contributed by atoms with Crippen molar-refractivity contribution in [2.45, 2.75) is 26.8 Å². The van der Waals surface area contributed by atoms with E-state index in [9.17, 15) is 4.79 Å². The maximum absolute atomic E-state index is 11.5. The first kappa shape index (κ1) is 15.7. The molecule has 2 heterocycles. The number of hydrogen-bond acceptors (Lipinski definition) is 4. The number of carbonyl (C=O) groups is 1. The molecule has 1 atom stereocenters. The molecule has 0 aliphatic carbocycles. The molecule has 1 saturated heterocycles. The monoisotopic (exact) mass is 310 g/mol. The summed E-state index contributed by atoms with van der Waals surface area (Å²) in [5.41, 5.74) is 2.17. The summed E-state index contributed by atoms with van der Waals surface area (Å²) in [4.78, 5) is 18.0. The quantitative estimate of drug-likeness (QED) is 0.846. The van der Waals surface area contributed by atoms with E-state index in [1.165, 1.54) is 5.56 Å². The van der Waals surface area contributed by atoms with Crippen LogP contribution in [0.1, 0.15) is 24.6 Å². The topological polar surface area (TPSA) is 42.4 Å². The van der Waals surface area contributed by atoms with Crippen molar-refractivity contribution in [2.24, 2.45) is 5.92 Å². The lowest BCUT2D eigenvalue weighted by atomic mass is 10.1. The van der Waals surface area contributed by atoms with Gasteiger partial charge in [0.25, 0.3) is 0 Å². The number of rotatable bonds is 5. The minimum Gasteiger partial charge on any atom is -0.456 e. The van der Waals surface area contributed by atoms with Crippen molar-refractivity contribution < 1.29 is 9.53 Å². The standard InChI is InChI=1S/C19H22N2O2/c1-14-6-7-19(11-20-14)23-18-5-3-4-16(10-18)12-21-9-8-17(13-21)15(2)22/h3-7,10-11,17H,8-9,12-13H2,1-2H3. The average Bonchev–Trinajstić information content (AvgIpc) is 2.99. The van der Waals surface area contributed by atoms with Crippen molar-refractivity contribution in [3.05, 3.63) is 53.9 Å². The van der Waals surface area contributed by atoms with Gasteiger partial charge in [-0.25, -0.2) is 0 Å². The molecule has 3 rings (SSSR count). The minimum atomic E-state index is 0.202. The average molecular weight is 310 g/mol. The first-order chi connectivity index (χ1) is 11.1. The smallest absolute Gasteiger partial charge is 0.145 e. The van der Waals surface area contributed by atoms with Crippen LogP contribution in [0.3, 0.4) is 0 Å². The van der Waals surface area contributed by atoms with Crippen LogP contribution in [0.2, 0.25) is 0 Å². The summed E-state index contributed by atoms with van der Waals surface area (Å²) in [6.45, 7) is 6.35. The third kappa shape index (κ3) is 4.17. The van der Waals surface area contributed by atoms with E-state index in [4.69, 9.17) is 4.74 Å². The third-order valence-electron chi connectivity index (χ3n) is 4.27. The third-order valence-corrected chi connectivity index (χ3v) is 4.27. The maximum Gasteiger partial charge on any atom is 0.145 e. The molecule has 0 bridgehead atoms. The molecule has 0 N–H and O–H groups in total. The Hall–Kier alpha value is -2.20. The molecule has 1 aliphatic rings. The van der Waals surface area contributed by atoms with E-state index in [2.05, 4.69) is 22.0 Å². The summed E-state index contributed by atoms with van der Waals surface area (Å²) in [5, 5.41) is 0. The van der Waals surface area contributed by atoms with Gasteiger partial charge in [-0.1, -0.05) is 12.1 Å². The molecule has 1 aromatic heterocycles. The molecule has 2 aromatic rings. The molecular weight excluding hydrogens is 288 g/mol. The number of ketones is 1. The van der Waals surface area contributed by atoms with E-state index >= 15 is 0 Å². The number of Topliss-reactive ketones (excluding diaryl/α,β-unsaturated/α-hetero) is 1. The predicted molar refractivity (Wildman–Crippen MR) is 89.6 cm³/mol. The van der Waals surface area contributed by atoms with Gasteiger partial charge >= 0.3 is 0 Å². The van der Waals surface area contributed by atoms with Gasteiger partial charge in [0.1, 0.15) is 17.3 Å². The van der Waals surface area contributed by atoms with Gasteiger partial charge in [0.05, 0.1) is 6.20 Å². The number of ether oxygens (including phenoxy) is 1. The first-order valence-electron chi connectivity index (χ1n) is 8.02. The van der Waals surface area contributed by atoms with E-state index in [-0.39, 0.29) is 5.92 Å². The van der Waals surface area contributed by atoms with E-state index in [0.29, 0.717) is 5.78 Å². The van der Waals surface area contributed by atoms with Crippen LogP contribution in [0.5, 0.6) is 11.5 Å². The van der Waals surface area contributed by atoms with Crippen LogP contribution in [0, 0.1) is 12.8 Å². The van der Waals surface area contributed by atoms with Gasteiger partial charge < -0.3 is 4.74 Å². The van der Waals surface area contributed by atoms with Crippen LogP contribution in [-0.4, -0.2) is 28.8 Å². The summed E-state index contributed by atoms with van der Waals surface area (Å²) in [6, 6.07) is 12.0. The van der Waals surface area contributed by atoms with Crippen LogP contribution >= 0.6 is 0 Å². The Morgan fingerprint density at radius 3 is 2.87 bits per heavy atom. The maximum atomic E-state index is 11.5. The Balaban J connectivity index is 1.63. The fraction of sp³-hybridized carbons (Fsp3) is 0.368. The minimum absolute atomic E-state index is 0.202. The molecule has 4 nitrogen and oxygen atoms in total. The van der Waals surface area contributed by atoms with Crippen LogP contribution in [0.25, 0.3) is 0 Å². The van der Waals surface area contributed by atoms with Crippen LogP contribution < -0.4 is 4.74 Å². The number of aryl methyl sites for hydroxylation is 1. The normalized spacial score (nSPS) is 18.1. The highest BCUT2D eigenvalue weighted by Gasteiger charge is 2.25. The number of benzene rings is 1. The zero-order chi connectivity index (χ0) is 16.2. The Morgan fingerprint density at radius 1 is 1.30 bits per heavy atom. The zero-order valence-electron chi connectivity index (χ0n) is 13.7. The molecule has 0 amide bonds. The van der Waals surface area contributed by atoms with Crippen molar-refractivity contribution in [2.75, 3.05) is 13.1 Å². The Bertz CT molecular complexity index is 682. The highest BCUT2D eigenvalue weighted by Crippen LogP contribution is 2.24. The molecule has 0 saturated carbocycles. The SMILES string of the molecule is CC(=O)C1CCN(Cc2cccc(Oc3ccc(C)nc3)c2)C1. The molecule has 1 fully saturated rings. The molecule has 1 aliphatic heterocycles. The van der Waals surface area contributed by atoms with Crippen LogP contribution in [-0.2, 0) is 11.3 Å². The van der Waals surface area contributed by atoms with Crippen molar-refractivity contribution in [3.63, 3.8) is 0 Å². The second-order valence-corrected chi connectivity index (χ2v) is 6.22. The van der Waals surface area contributed by atoms with E-state index in [0.717, 1.165) is 43.2 Å². The predicted octanol–water partition coefficient (Wildman–Crippen LogP) is 3.59. The lowest BCUT2D eigenvalue weighted by molar-refractivity contribution is -0.120. The zero-order valence-corrected chi connectivity index (χ0v) is 13.7. The molecule has 0 radical (unpaired) electrons. The Labute approximate surface area is 137 Å². The van der Waals surface area contributed by atoms with E-state index < -0.39 is 0 Å². The van der Waals surface area contributed by atoms with E-state index in [1.807, 2.05) is 31.2 Å². The fourth-order valence-electron chi connectivity index (χ4n) is 2.92. The Morgan fingerprint density at radius 2 is 2.17 bits per heavy atom. The molecule has 0 spiro atoms. The fourth-order valence-corrected chi connectivity index (χ4v) is 2.92. The van der Waals surface area contributed by atoms with Gasteiger partial charge in [0, 0.05) is 24.7 Å². The van der Waals surface area contributed by atoms with Gasteiger partial charge in [-0.3, -0.25) is 14.7 Å². The van der Waals surface area contributed by atoms with Gasteiger partial charge in [0.15, 0.2) is 0 Å². The van der Waals surface area contributed by atoms with Gasteiger partial charge in [-0.05, 0) is 56.6 Å². The molecule has 1 aromatic carbocycles. The number of carbonyl (C=O) groups excluding carboxylic acids is 1. The molecule has 120 valence electrons. The first-order valence-corrected chi connectivity index (χ1v) is 8.02. The van der Waals surface area contributed by atoms with Crippen molar-refractivity contribution in [1.29, 1.82) is 0 Å². The lowest BCUT2D eigenvalue weighted by Gasteiger charge is -2.16. The highest BCUT2D eigenvalue weighted by molar-refractivity contribution is 5.78. The number of aromatic nitrogens is 1. The number of pyridine rings is 1. The summed E-state index contributed by atoms with van der Waals surface area (Å²) in [7, 11) is 0. The Kier molecular flexibility index (Phi) is 4.72. The second kappa shape index (κ2) is 6.92. The van der Waals surface area contributed by atoms with Crippen LogP contribution in [0.4, 0.5) is 0 Å². The summed E-state index contributed by atoms with van der Waals surface area (Å²) in [6.07, 6.45) is 2.71. The van der Waals surface area contributed by atoms with Gasteiger partial charge in [0.2, 0.25) is 0 Å². The summed E-state index contributed by atoms with van der Waals surface area (Å²) < 4.78 is 5.86. The van der Waals surface area contributed by atoms with Gasteiger partial charge in [-0.2, -0.15) is 0 Å². The van der Waals surface area contributed by atoms with Crippen molar-refractivity contribution >= 4 is 5.78 Å². The second-order valence-electron chi connectivity index (χ2n) is 6.22.